The molecule has 0 radical (unpaired) electrons. The van der Waals surface area contributed by atoms with Gasteiger partial charge in [-0.15, -0.1) is 0 Å². The van der Waals surface area contributed by atoms with Crippen LogP contribution in [0, 0.1) is 5.41 Å². The second-order valence-corrected chi connectivity index (χ2v) is 6.69. The van der Waals surface area contributed by atoms with Crippen molar-refractivity contribution in [2.45, 2.75) is 26.9 Å². The number of rotatable bonds is 3. The largest absolute Gasteiger partial charge is 0.384 e. The van der Waals surface area contributed by atoms with E-state index in [0.29, 0.717) is 16.3 Å². The molecule has 0 bridgehead atoms. The minimum absolute atomic E-state index is 0.115. The lowest BCUT2D eigenvalue weighted by Gasteiger charge is -2.21. The van der Waals surface area contributed by atoms with E-state index in [2.05, 4.69) is 5.32 Å². The summed E-state index contributed by atoms with van der Waals surface area (Å²) in [5.74, 6) is -0.115. The third-order valence-corrected chi connectivity index (χ3v) is 3.59. The number of aliphatic hydroxyl groups excluding tert-OH is 1. The van der Waals surface area contributed by atoms with Crippen LogP contribution in [0.4, 0.5) is 5.69 Å². The Hall–Kier alpha value is -1.84. The van der Waals surface area contributed by atoms with Gasteiger partial charge in [-0.1, -0.05) is 62.7 Å². The molecule has 1 unspecified atom stereocenters. The maximum atomic E-state index is 12.2. The predicted molar refractivity (Wildman–Crippen MR) is 90.0 cm³/mol. The fraction of sp³-hybridized carbons (Fsp3) is 0.278. The van der Waals surface area contributed by atoms with Crippen molar-refractivity contribution in [3.63, 3.8) is 0 Å². The first kappa shape index (κ1) is 16.5. The first-order valence-electron chi connectivity index (χ1n) is 7.13. The number of nitrogens with one attached hydrogen (secondary N) is 1. The summed E-state index contributed by atoms with van der Waals surface area (Å²) in [6, 6.07) is 14.4. The molecular formula is C18H20ClNO2. The summed E-state index contributed by atoms with van der Waals surface area (Å²) in [6.07, 6.45) is -0.852. The number of amides is 1. The van der Waals surface area contributed by atoms with Gasteiger partial charge >= 0.3 is 0 Å². The van der Waals surface area contributed by atoms with Gasteiger partial charge < -0.3 is 10.4 Å². The summed E-state index contributed by atoms with van der Waals surface area (Å²) in [5.41, 5.74) is 1.38. The van der Waals surface area contributed by atoms with Crippen LogP contribution in [0.1, 0.15) is 38.0 Å². The molecule has 3 nitrogen and oxygen atoms in total. The van der Waals surface area contributed by atoms with Crippen LogP contribution in [0.2, 0.25) is 5.02 Å². The molecule has 1 amide bonds. The summed E-state index contributed by atoms with van der Waals surface area (Å²) in [5, 5.41) is 14.0. The Morgan fingerprint density at radius 1 is 1.14 bits per heavy atom. The van der Waals surface area contributed by atoms with Gasteiger partial charge in [0.25, 0.3) is 0 Å². The zero-order chi connectivity index (χ0) is 16.3. The standard InChI is InChI=1S/C18H20ClNO2/c1-18(2,3)17(22)20-15-10-9-13(19)11-14(15)16(21)12-7-5-4-6-8-12/h4-11,16,21H,1-3H3,(H,20,22)/i16+2. The number of carbonyl (C=O) groups excluding carboxylic acids is 1. The van der Waals surface area contributed by atoms with E-state index in [9.17, 15) is 9.90 Å². The Bertz CT molecular complexity index is 663. The average molecular weight is 320 g/mol. The van der Waals surface area contributed by atoms with E-state index in [0.717, 1.165) is 5.56 Å². The van der Waals surface area contributed by atoms with Crippen molar-refractivity contribution in [1.29, 1.82) is 0 Å². The highest BCUT2D eigenvalue weighted by Gasteiger charge is 2.23. The van der Waals surface area contributed by atoms with Gasteiger partial charge in [0.15, 0.2) is 0 Å². The number of hydrogen-bond donors (Lipinski definition) is 2. The molecule has 1 atom stereocenters. The number of aliphatic hydroxyl groups is 1. The minimum Gasteiger partial charge on any atom is -0.384 e. The van der Waals surface area contributed by atoms with Gasteiger partial charge in [-0.3, -0.25) is 4.79 Å². The Morgan fingerprint density at radius 3 is 2.36 bits per heavy atom. The summed E-state index contributed by atoms with van der Waals surface area (Å²) in [7, 11) is 0. The third-order valence-electron chi connectivity index (χ3n) is 3.35. The fourth-order valence-corrected chi connectivity index (χ4v) is 2.18. The van der Waals surface area contributed by atoms with Crippen LogP contribution < -0.4 is 5.32 Å². The highest BCUT2D eigenvalue weighted by molar-refractivity contribution is 6.30. The lowest BCUT2D eigenvalue weighted by atomic mass is 9.95. The van der Waals surface area contributed by atoms with Crippen LogP contribution in [0.5, 0.6) is 0 Å². The third kappa shape index (κ3) is 3.87. The van der Waals surface area contributed by atoms with Crippen molar-refractivity contribution >= 4 is 23.2 Å². The van der Waals surface area contributed by atoms with Gasteiger partial charge in [0.05, 0.1) is 0 Å². The van der Waals surface area contributed by atoms with Crippen molar-refractivity contribution in [2.24, 2.45) is 5.41 Å². The molecular weight excluding hydrogens is 300 g/mol. The van der Waals surface area contributed by atoms with E-state index in [1.54, 1.807) is 18.2 Å². The molecule has 4 heteroatoms. The molecule has 0 aliphatic heterocycles. The smallest absolute Gasteiger partial charge is 0.229 e. The SMILES string of the molecule is CC(C)(C)C(=O)Nc1ccc(Cl)cc1[14CH](O)c1ccccc1. The Balaban J connectivity index is 2.38. The van der Waals surface area contributed by atoms with Crippen LogP contribution in [-0.4, -0.2) is 11.0 Å². The first-order chi connectivity index (χ1) is 10.3. The average Bonchev–Trinajstić information content (AvgIpc) is 2.48. The van der Waals surface area contributed by atoms with E-state index in [4.69, 9.17) is 11.6 Å². The molecule has 2 aromatic carbocycles. The van der Waals surface area contributed by atoms with E-state index in [-0.39, 0.29) is 5.91 Å². The van der Waals surface area contributed by atoms with Gasteiger partial charge in [-0.05, 0) is 23.8 Å². The fourth-order valence-electron chi connectivity index (χ4n) is 2.00. The number of halogens is 1. The monoisotopic (exact) mass is 319 g/mol. The van der Waals surface area contributed by atoms with Crippen LogP contribution in [0.15, 0.2) is 48.5 Å². The molecule has 2 aromatic rings. The quantitative estimate of drug-likeness (QED) is 0.880. The zero-order valence-corrected chi connectivity index (χ0v) is 13.7. The summed E-state index contributed by atoms with van der Waals surface area (Å²) in [4.78, 5) is 12.2. The molecule has 0 fully saturated rings. The topological polar surface area (TPSA) is 49.3 Å². The molecule has 0 saturated heterocycles. The highest BCUT2D eigenvalue weighted by atomic mass is 35.5. The van der Waals surface area contributed by atoms with E-state index >= 15 is 0 Å². The van der Waals surface area contributed by atoms with E-state index in [1.807, 2.05) is 51.1 Å². The molecule has 22 heavy (non-hydrogen) atoms. The summed E-state index contributed by atoms with van der Waals surface area (Å²) < 4.78 is 0. The molecule has 2 N–H and O–H groups in total. The van der Waals surface area contributed by atoms with Gasteiger partial charge in [-0.25, -0.2) is 0 Å². The number of benzene rings is 2. The van der Waals surface area contributed by atoms with Crippen molar-refractivity contribution in [3.8, 4) is 0 Å². The Labute approximate surface area is 135 Å². The minimum atomic E-state index is -0.852. The zero-order valence-electron chi connectivity index (χ0n) is 12.9. The van der Waals surface area contributed by atoms with Crippen molar-refractivity contribution in [2.75, 3.05) is 5.32 Å². The van der Waals surface area contributed by atoms with Gasteiger partial charge in [-0.2, -0.15) is 0 Å². The summed E-state index contributed by atoms with van der Waals surface area (Å²) in [6.45, 7) is 5.52. The maximum absolute atomic E-state index is 12.2. The molecule has 0 saturated carbocycles. The van der Waals surface area contributed by atoms with Gasteiger partial charge in [0.1, 0.15) is 6.10 Å². The molecule has 116 valence electrons. The number of hydrogen-bond acceptors (Lipinski definition) is 2. The van der Waals surface area contributed by atoms with Gasteiger partial charge in [0, 0.05) is 21.7 Å². The molecule has 2 rings (SSSR count). The molecule has 0 spiro atoms. The maximum Gasteiger partial charge on any atom is 0.229 e. The second kappa shape index (κ2) is 6.51. The molecule has 0 aliphatic rings. The van der Waals surface area contributed by atoms with Crippen LogP contribution in [-0.2, 0) is 4.79 Å². The van der Waals surface area contributed by atoms with Crippen LogP contribution in [0.25, 0.3) is 0 Å². The predicted octanol–water partition coefficient (Wildman–Crippen LogP) is 4.41. The lowest BCUT2D eigenvalue weighted by molar-refractivity contribution is -0.123. The van der Waals surface area contributed by atoms with E-state index < -0.39 is 11.5 Å². The van der Waals surface area contributed by atoms with E-state index in [1.165, 1.54) is 0 Å². The number of carbonyl (C=O) groups is 1. The Kier molecular flexibility index (Phi) is 4.89. The lowest BCUT2D eigenvalue weighted by Crippen LogP contribution is -2.28. The van der Waals surface area contributed by atoms with Gasteiger partial charge in [0.2, 0.25) is 5.91 Å². The Morgan fingerprint density at radius 2 is 1.77 bits per heavy atom. The van der Waals surface area contributed by atoms with Crippen LogP contribution in [0.3, 0.4) is 0 Å². The van der Waals surface area contributed by atoms with Crippen molar-refractivity contribution in [3.05, 3.63) is 64.7 Å². The van der Waals surface area contributed by atoms with Crippen LogP contribution >= 0.6 is 11.6 Å². The summed E-state index contributed by atoms with van der Waals surface area (Å²) >= 11 is 6.05. The second-order valence-electron chi connectivity index (χ2n) is 6.25. The first-order valence-corrected chi connectivity index (χ1v) is 7.51. The number of anilines is 1. The molecule has 0 aromatic heterocycles. The normalized spacial score (nSPS) is 12.8. The highest BCUT2D eigenvalue weighted by Crippen LogP contribution is 2.31. The van der Waals surface area contributed by atoms with Crippen molar-refractivity contribution < 1.29 is 9.90 Å². The van der Waals surface area contributed by atoms with Crippen molar-refractivity contribution in [1.82, 2.24) is 0 Å². The molecule has 0 heterocycles. The molecule has 0 aliphatic carbocycles.